The number of benzene rings is 1. The van der Waals surface area contributed by atoms with Crippen LogP contribution in [0.15, 0.2) is 24.3 Å². The van der Waals surface area contributed by atoms with Crippen LogP contribution in [0.2, 0.25) is 5.02 Å². The van der Waals surface area contributed by atoms with Crippen molar-refractivity contribution in [1.82, 2.24) is 9.80 Å². The Morgan fingerprint density at radius 1 is 1.29 bits per heavy atom. The van der Waals surface area contributed by atoms with Crippen LogP contribution in [-0.4, -0.2) is 67.7 Å². The Morgan fingerprint density at radius 3 is 2.58 bits per heavy atom. The zero-order chi connectivity index (χ0) is 17.1. The lowest BCUT2D eigenvalue weighted by atomic mass is 10.0. The van der Waals surface area contributed by atoms with Crippen molar-refractivity contribution in [1.29, 1.82) is 0 Å². The molecule has 0 saturated carbocycles. The first-order valence-corrected chi connectivity index (χ1v) is 8.46. The van der Waals surface area contributed by atoms with Crippen LogP contribution in [0, 0.1) is 0 Å². The Kier molecular flexibility index (Phi) is 5.38. The fourth-order valence-electron chi connectivity index (χ4n) is 3.41. The molecule has 0 bridgehead atoms. The second-order valence-electron chi connectivity index (χ2n) is 5.99. The maximum absolute atomic E-state index is 12.3. The quantitative estimate of drug-likeness (QED) is 0.765. The molecular weight excluding hydrogens is 332 g/mol. The molecule has 6 nitrogen and oxygen atoms in total. The minimum atomic E-state index is -0.527. The molecule has 24 heavy (non-hydrogen) atoms. The van der Waals surface area contributed by atoms with Gasteiger partial charge >= 0.3 is 11.9 Å². The number of ether oxygens (including phenoxy) is 2. The number of nitrogens with zero attached hydrogens (tertiary/aromatic N) is 2. The zero-order valence-corrected chi connectivity index (χ0v) is 14.4. The largest absolute Gasteiger partial charge is 0.468 e. The van der Waals surface area contributed by atoms with Gasteiger partial charge in [0, 0.05) is 37.6 Å². The number of carbonyl (C=O) groups is 2. The molecule has 2 aliphatic heterocycles. The van der Waals surface area contributed by atoms with E-state index in [0.717, 1.165) is 12.0 Å². The molecule has 2 heterocycles. The van der Waals surface area contributed by atoms with Gasteiger partial charge in [0.1, 0.15) is 12.1 Å². The summed E-state index contributed by atoms with van der Waals surface area (Å²) in [5.74, 6) is -0.462. The van der Waals surface area contributed by atoms with E-state index in [4.69, 9.17) is 21.1 Å². The Balaban J connectivity index is 1.73. The lowest BCUT2D eigenvalue weighted by Gasteiger charge is -2.39. The van der Waals surface area contributed by atoms with Crippen molar-refractivity contribution < 1.29 is 19.1 Å². The minimum absolute atomic E-state index is 0.140. The van der Waals surface area contributed by atoms with E-state index >= 15 is 0 Å². The van der Waals surface area contributed by atoms with E-state index in [1.54, 1.807) is 6.07 Å². The van der Waals surface area contributed by atoms with Gasteiger partial charge in [-0.15, -0.1) is 0 Å². The number of esters is 2. The molecule has 0 aromatic heterocycles. The number of rotatable bonds is 4. The average Bonchev–Trinajstić information content (AvgIpc) is 3.03. The number of hydrogen-bond acceptors (Lipinski definition) is 6. The molecule has 1 aromatic rings. The summed E-state index contributed by atoms with van der Waals surface area (Å²) >= 11 is 6.28. The molecule has 0 radical (unpaired) electrons. The first-order valence-electron chi connectivity index (χ1n) is 8.09. The Morgan fingerprint density at radius 2 is 2.00 bits per heavy atom. The van der Waals surface area contributed by atoms with E-state index in [-0.39, 0.29) is 18.0 Å². The molecule has 0 aliphatic carbocycles. The Bertz CT molecular complexity index is 616. The normalized spacial score (nSPS) is 23.8. The monoisotopic (exact) mass is 352 g/mol. The van der Waals surface area contributed by atoms with Crippen LogP contribution in [0.1, 0.15) is 18.0 Å². The SMILES string of the molecule is COC(=O)[C@@H](c1ccccc1Cl)N1CCN([C@@H]2CCOC2=O)CC1. The molecule has 0 spiro atoms. The Hall–Kier alpha value is -1.63. The van der Waals surface area contributed by atoms with Crippen molar-refractivity contribution in [2.24, 2.45) is 0 Å². The molecular formula is C17H21ClN2O4. The predicted octanol–water partition coefficient (Wildman–Crippen LogP) is 1.49. The van der Waals surface area contributed by atoms with Gasteiger partial charge in [-0.3, -0.25) is 14.6 Å². The van der Waals surface area contributed by atoms with Gasteiger partial charge in [-0.05, 0) is 11.6 Å². The van der Waals surface area contributed by atoms with Crippen molar-refractivity contribution in [2.75, 3.05) is 39.9 Å². The van der Waals surface area contributed by atoms with Gasteiger partial charge in [0.15, 0.2) is 0 Å². The molecule has 130 valence electrons. The van der Waals surface area contributed by atoms with Crippen LogP contribution < -0.4 is 0 Å². The highest BCUT2D eigenvalue weighted by Crippen LogP contribution is 2.30. The summed E-state index contributed by atoms with van der Waals surface area (Å²) in [6.07, 6.45) is 0.740. The smallest absolute Gasteiger partial charge is 0.327 e. The standard InChI is InChI=1S/C17H21ClN2O4/c1-23-17(22)15(12-4-2-3-5-13(12)18)20-9-7-19(8-10-20)14-6-11-24-16(14)21/h2-5,14-15H,6-11H2,1H3/t14-,15-/m1/s1. The fraction of sp³-hybridized carbons (Fsp3) is 0.529. The third kappa shape index (κ3) is 3.41. The molecule has 7 heteroatoms. The fourth-order valence-corrected chi connectivity index (χ4v) is 3.64. The summed E-state index contributed by atoms with van der Waals surface area (Å²) < 4.78 is 10.0. The number of cyclic esters (lactones) is 1. The van der Waals surface area contributed by atoms with Crippen molar-refractivity contribution >= 4 is 23.5 Å². The highest BCUT2D eigenvalue weighted by Gasteiger charge is 2.37. The van der Waals surface area contributed by atoms with Gasteiger partial charge in [-0.1, -0.05) is 29.8 Å². The highest BCUT2D eigenvalue weighted by molar-refractivity contribution is 6.31. The van der Waals surface area contributed by atoms with Crippen LogP contribution >= 0.6 is 11.6 Å². The van der Waals surface area contributed by atoms with Crippen LogP contribution in [-0.2, 0) is 19.1 Å². The molecule has 3 rings (SSSR count). The predicted molar refractivity (Wildman–Crippen MR) is 88.7 cm³/mol. The van der Waals surface area contributed by atoms with Crippen LogP contribution in [0.3, 0.4) is 0 Å². The zero-order valence-electron chi connectivity index (χ0n) is 13.6. The molecule has 2 fully saturated rings. The third-order valence-electron chi connectivity index (χ3n) is 4.69. The lowest BCUT2D eigenvalue weighted by Crippen LogP contribution is -2.53. The van der Waals surface area contributed by atoms with Crippen molar-refractivity contribution in [2.45, 2.75) is 18.5 Å². The van der Waals surface area contributed by atoms with Gasteiger partial charge in [-0.2, -0.15) is 0 Å². The molecule has 2 atom stereocenters. The highest BCUT2D eigenvalue weighted by atomic mass is 35.5. The summed E-state index contributed by atoms with van der Waals surface area (Å²) in [6.45, 7) is 3.23. The van der Waals surface area contributed by atoms with Gasteiger partial charge in [-0.25, -0.2) is 4.79 Å². The van der Waals surface area contributed by atoms with E-state index in [2.05, 4.69) is 9.80 Å². The first-order chi connectivity index (χ1) is 11.6. The van der Waals surface area contributed by atoms with Crippen LogP contribution in [0.25, 0.3) is 0 Å². The molecule has 2 aliphatic rings. The summed E-state index contributed by atoms with van der Waals surface area (Å²) in [7, 11) is 1.39. The summed E-state index contributed by atoms with van der Waals surface area (Å²) in [5.41, 5.74) is 0.750. The van der Waals surface area contributed by atoms with E-state index in [1.807, 2.05) is 18.2 Å². The lowest BCUT2D eigenvalue weighted by molar-refractivity contribution is -0.149. The maximum Gasteiger partial charge on any atom is 0.327 e. The van der Waals surface area contributed by atoms with E-state index in [9.17, 15) is 9.59 Å². The topological polar surface area (TPSA) is 59.1 Å². The minimum Gasteiger partial charge on any atom is -0.468 e. The van der Waals surface area contributed by atoms with Crippen LogP contribution in [0.4, 0.5) is 0 Å². The van der Waals surface area contributed by atoms with E-state index in [0.29, 0.717) is 37.8 Å². The van der Waals surface area contributed by atoms with E-state index < -0.39 is 6.04 Å². The number of carbonyl (C=O) groups excluding carboxylic acids is 2. The van der Waals surface area contributed by atoms with E-state index in [1.165, 1.54) is 7.11 Å². The van der Waals surface area contributed by atoms with Gasteiger partial charge in [0.2, 0.25) is 0 Å². The number of hydrogen-bond donors (Lipinski definition) is 0. The molecule has 0 unspecified atom stereocenters. The average molecular weight is 353 g/mol. The van der Waals surface area contributed by atoms with Gasteiger partial charge < -0.3 is 9.47 Å². The Labute approximate surface area is 146 Å². The van der Waals surface area contributed by atoms with Crippen molar-refractivity contribution in [3.63, 3.8) is 0 Å². The van der Waals surface area contributed by atoms with Crippen molar-refractivity contribution in [3.05, 3.63) is 34.9 Å². The number of halogens is 1. The molecule has 0 amide bonds. The van der Waals surface area contributed by atoms with Gasteiger partial charge in [0.05, 0.1) is 13.7 Å². The second-order valence-corrected chi connectivity index (χ2v) is 6.40. The molecule has 2 saturated heterocycles. The maximum atomic E-state index is 12.3. The first kappa shape index (κ1) is 17.2. The second kappa shape index (κ2) is 7.51. The third-order valence-corrected chi connectivity index (χ3v) is 5.03. The summed E-state index contributed by atoms with van der Waals surface area (Å²) in [5, 5.41) is 0.551. The summed E-state index contributed by atoms with van der Waals surface area (Å²) in [4.78, 5) is 28.3. The molecule has 1 aromatic carbocycles. The molecule has 0 N–H and O–H groups in total. The van der Waals surface area contributed by atoms with Crippen LogP contribution in [0.5, 0.6) is 0 Å². The number of piperazine rings is 1. The number of methoxy groups -OCH3 is 1. The van der Waals surface area contributed by atoms with Gasteiger partial charge in [0.25, 0.3) is 0 Å². The van der Waals surface area contributed by atoms with Crippen molar-refractivity contribution in [3.8, 4) is 0 Å². The summed E-state index contributed by atoms with van der Waals surface area (Å²) in [6, 6.07) is 6.65.